The molecule has 0 atom stereocenters. The number of benzene rings is 2. The Morgan fingerprint density at radius 2 is 1.82 bits per heavy atom. The minimum absolute atomic E-state index is 0.0358. The molecule has 3 aromatic rings. The molecule has 0 saturated carbocycles. The molecule has 1 aliphatic heterocycles. The maximum absolute atomic E-state index is 12.8. The molecule has 1 aliphatic rings. The van der Waals surface area contributed by atoms with Crippen LogP contribution in [0, 0.1) is 6.92 Å². The second-order valence-electron chi connectivity index (χ2n) is 8.11. The zero-order chi connectivity index (χ0) is 23.4. The number of hydrogen-bond donors (Lipinski definition) is 1. The first-order valence-electron chi connectivity index (χ1n) is 10.7. The summed E-state index contributed by atoms with van der Waals surface area (Å²) in [5.41, 5.74) is 2.15. The zero-order valence-electron chi connectivity index (χ0n) is 18.2. The van der Waals surface area contributed by atoms with Crippen LogP contribution in [0.3, 0.4) is 0 Å². The molecular formula is C24H25F3N4O2. The van der Waals surface area contributed by atoms with Gasteiger partial charge in [-0.1, -0.05) is 29.8 Å². The summed E-state index contributed by atoms with van der Waals surface area (Å²) in [6.45, 7) is 5.97. The van der Waals surface area contributed by atoms with Gasteiger partial charge in [0.15, 0.2) is 5.69 Å². The highest BCUT2D eigenvalue weighted by molar-refractivity contribution is 5.91. The van der Waals surface area contributed by atoms with E-state index in [-0.39, 0.29) is 12.2 Å². The molecular weight excluding hydrogens is 433 g/mol. The number of piperazine rings is 1. The summed E-state index contributed by atoms with van der Waals surface area (Å²) in [5.74, 6) is -0.0605. The number of hydrogen-bond acceptors (Lipinski definition) is 5. The van der Waals surface area contributed by atoms with Gasteiger partial charge in [0.05, 0.1) is 12.1 Å². The lowest BCUT2D eigenvalue weighted by Gasteiger charge is -2.35. The van der Waals surface area contributed by atoms with Gasteiger partial charge >= 0.3 is 6.18 Å². The predicted octanol–water partition coefficient (Wildman–Crippen LogP) is 4.25. The quantitative estimate of drug-likeness (QED) is 0.598. The van der Waals surface area contributed by atoms with Gasteiger partial charge in [0, 0.05) is 38.4 Å². The van der Waals surface area contributed by atoms with Crippen LogP contribution in [-0.4, -0.2) is 42.0 Å². The van der Waals surface area contributed by atoms with Crippen molar-refractivity contribution in [2.75, 3.05) is 31.1 Å². The van der Waals surface area contributed by atoms with Crippen molar-refractivity contribution in [1.29, 1.82) is 0 Å². The van der Waals surface area contributed by atoms with Gasteiger partial charge in [-0.05, 0) is 36.8 Å². The van der Waals surface area contributed by atoms with Gasteiger partial charge in [0.2, 0.25) is 5.89 Å². The molecule has 0 spiro atoms. The molecule has 1 fully saturated rings. The van der Waals surface area contributed by atoms with E-state index in [1.807, 2.05) is 0 Å². The highest BCUT2D eigenvalue weighted by Gasteiger charge is 2.30. The summed E-state index contributed by atoms with van der Waals surface area (Å²) in [7, 11) is 0. The van der Waals surface area contributed by atoms with Crippen molar-refractivity contribution in [3.05, 3.63) is 83.1 Å². The molecule has 0 radical (unpaired) electrons. The number of alkyl halides is 3. The summed E-state index contributed by atoms with van der Waals surface area (Å²) < 4.78 is 44.0. The number of aromatic nitrogens is 1. The van der Waals surface area contributed by atoms with Crippen LogP contribution in [0.1, 0.15) is 33.1 Å². The van der Waals surface area contributed by atoms with Crippen LogP contribution in [0.5, 0.6) is 0 Å². The Morgan fingerprint density at radius 1 is 1.09 bits per heavy atom. The summed E-state index contributed by atoms with van der Waals surface area (Å²) >= 11 is 0. The Hall–Kier alpha value is -3.33. The average molecular weight is 458 g/mol. The van der Waals surface area contributed by atoms with E-state index in [1.165, 1.54) is 29.6 Å². The monoisotopic (exact) mass is 458 g/mol. The van der Waals surface area contributed by atoms with Gasteiger partial charge in [0.1, 0.15) is 6.26 Å². The highest BCUT2D eigenvalue weighted by Crippen LogP contribution is 2.29. The fourth-order valence-corrected chi connectivity index (χ4v) is 3.73. The van der Waals surface area contributed by atoms with Gasteiger partial charge in [0.25, 0.3) is 5.91 Å². The molecule has 0 unspecified atom stereocenters. The lowest BCUT2D eigenvalue weighted by atomic mass is 10.1. The predicted molar refractivity (Wildman–Crippen MR) is 118 cm³/mol. The number of nitrogens with zero attached hydrogens (tertiary/aromatic N) is 3. The van der Waals surface area contributed by atoms with Gasteiger partial charge in [-0.3, -0.25) is 9.69 Å². The SMILES string of the molecule is Cc1ccc(N2CCN(Cc3nc(C(=O)NCc4cccc(C(F)(F)F)c4)co3)CC2)cc1. The molecule has 0 bridgehead atoms. The fraction of sp³-hybridized carbons (Fsp3) is 0.333. The van der Waals surface area contributed by atoms with E-state index in [4.69, 9.17) is 4.42 Å². The number of nitrogens with one attached hydrogen (secondary N) is 1. The number of carbonyl (C=O) groups is 1. The van der Waals surface area contributed by atoms with Crippen molar-refractivity contribution in [2.24, 2.45) is 0 Å². The second kappa shape index (κ2) is 9.66. The number of oxazole rings is 1. The van der Waals surface area contributed by atoms with E-state index < -0.39 is 17.6 Å². The van der Waals surface area contributed by atoms with Crippen LogP contribution >= 0.6 is 0 Å². The molecule has 2 heterocycles. The van der Waals surface area contributed by atoms with Gasteiger partial charge < -0.3 is 14.6 Å². The number of carbonyl (C=O) groups excluding carboxylic acids is 1. The van der Waals surface area contributed by atoms with Crippen molar-refractivity contribution in [3.8, 4) is 0 Å². The van der Waals surface area contributed by atoms with Gasteiger partial charge in [-0.25, -0.2) is 4.98 Å². The standard InChI is InChI=1S/C24H25F3N4O2/c1-17-5-7-20(8-6-17)31-11-9-30(10-12-31)15-22-29-21(16-33-22)23(32)28-14-18-3-2-4-19(13-18)24(25,26)27/h2-8,13,16H,9-12,14-15H2,1H3,(H,28,32). The maximum atomic E-state index is 12.8. The largest absolute Gasteiger partial charge is 0.447 e. The van der Waals surface area contributed by atoms with Crippen LogP contribution < -0.4 is 10.2 Å². The van der Waals surface area contributed by atoms with E-state index in [2.05, 4.69) is 51.3 Å². The van der Waals surface area contributed by atoms with E-state index in [0.29, 0.717) is 18.0 Å². The van der Waals surface area contributed by atoms with Crippen molar-refractivity contribution in [2.45, 2.75) is 26.2 Å². The molecule has 9 heteroatoms. The number of aryl methyl sites for hydroxylation is 1. The van der Waals surface area contributed by atoms with Crippen LogP contribution in [-0.2, 0) is 19.3 Å². The summed E-state index contributed by atoms with van der Waals surface area (Å²) in [5, 5.41) is 2.59. The van der Waals surface area contributed by atoms with E-state index in [9.17, 15) is 18.0 Å². The lowest BCUT2D eigenvalue weighted by molar-refractivity contribution is -0.137. The smallest absolute Gasteiger partial charge is 0.416 e. The first-order valence-corrected chi connectivity index (χ1v) is 10.7. The molecule has 1 saturated heterocycles. The molecule has 1 N–H and O–H groups in total. The van der Waals surface area contributed by atoms with E-state index in [1.54, 1.807) is 0 Å². The van der Waals surface area contributed by atoms with Crippen LogP contribution in [0.25, 0.3) is 0 Å². The van der Waals surface area contributed by atoms with Crippen molar-refractivity contribution >= 4 is 11.6 Å². The first-order chi connectivity index (χ1) is 15.8. The zero-order valence-corrected chi connectivity index (χ0v) is 18.2. The van der Waals surface area contributed by atoms with E-state index >= 15 is 0 Å². The van der Waals surface area contributed by atoms with Crippen molar-refractivity contribution in [3.63, 3.8) is 0 Å². The lowest BCUT2D eigenvalue weighted by Crippen LogP contribution is -2.46. The van der Waals surface area contributed by atoms with Gasteiger partial charge in [-0.15, -0.1) is 0 Å². The van der Waals surface area contributed by atoms with Crippen LogP contribution in [0.15, 0.2) is 59.2 Å². The molecule has 33 heavy (non-hydrogen) atoms. The normalized spacial score (nSPS) is 15.0. The molecule has 0 aliphatic carbocycles. The topological polar surface area (TPSA) is 61.6 Å². The minimum atomic E-state index is -4.42. The van der Waals surface area contributed by atoms with Crippen molar-refractivity contribution in [1.82, 2.24) is 15.2 Å². The minimum Gasteiger partial charge on any atom is -0.447 e. The number of halogens is 3. The van der Waals surface area contributed by atoms with Gasteiger partial charge in [-0.2, -0.15) is 13.2 Å². The molecule has 1 amide bonds. The molecule has 2 aromatic carbocycles. The Bertz CT molecular complexity index is 1090. The summed E-state index contributed by atoms with van der Waals surface area (Å²) in [4.78, 5) is 21.1. The van der Waals surface area contributed by atoms with Crippen LogP contribution in [0.4, 0.5) is 18.9 Å². The summed E-state index contributed by atoms with van der Waals surface area (Å²) in [6.07, 6.45) is -3.15. The first kappa shape index (κ1) is 22.8. The Labute approximate surface area is 190 Å². The third-order valence-corrected chi connectivity index (χ3v) is 5.62. The molecule has 6 nitrogen and oxygen atoms in total. The fourth-order valence-electron chi connectivity index (χ4n) is 3.73. The Morgan fingerprint density at radius 3 is 2.52 bits per heavy atom. The summed E-state index contributed by atoms with van der Waals surface area (Å²) in [6, 6.07) is 13.3. The van der Waals surface area contributed by atoms with Crippen LogP contribution in [0.2, 0.25) is 0 Å². The second-order valence-corrected chi connectivity index (χ2v) is 8.11. The third kappa shape index (κ3) is 5.92. The third-order valence-electron chi connectivity index (χ3n) is 5.62. The molecule has 1 aromatic heterocycles. The molecule has 4 rings (SSSR count). The van der Waals surface area contributed by atoms with E-state index in [0.717, 1.165) is 38.3 Å². The number of rotatable bonds is 6. The number of amides is 1. The number of anilines is 1. The Kier molecular flexibility index (Phi) is 6.69. The Balaban J connectivity index is 1.27. The highest BCUT2D eigenvalue weighted by atomic mass is 19.4. The average Bonchev–Trinajstić information content (AvgIpc) is 3.27. The molecule has 174 valence electrons. The maximum Gasteiger partial charge on any atom is 0.416 e. The van der Waals surface area contributed by atoms with Crippen molar-refractivity contribution < 1.29 is 22.4 Å².